The van der Waals surface area contributed by atoms with E-state index in [2.05, 4.69) is 43.4 Å². The summed E-state index contributed by atoms with van der Waals surface area (Å²) in [5.74, 6) is 1.03. The molecule has 96 valence electrons. The predicted molar refractivity (Wildman–Crippen MR) is 75.6 cm³/mol. The second-order valence-corrected chi connectivity index (χ2v) is 5.30. The van der Waals surface area contributed by atoms with Crippen LogP contribution in [0.3, 0.4) is 0 Å². The Bertz CT molecular complexity index is 448. The summed E-state index contributed by atoms with van der Waals surface area (Å²) in [4.78, 5) is 11.9. The van der Waals surface area contributed by atoms with Crippen LogP contribution in [-0.2, 0) is 4.79 Å². The monoisotopic (exact) mass is 243 g/mol. The molecule has 18 heavy (non-hydrogen) atoms. The lowest BCUT2D eigenvalue weighted by atomic mass is 10.0. The van der Waals surface area contributed by atoms with Crippen LogP contribution < -0.4 is 5.32 Å². The SMILES string of the molecule is CC(C)c1cccc(NC(=O)CC2C=CCC2)c1. The number of amides is 1. The molecule has 1 unspecified atom stereocenters. The van der Waals surface area contributed by atoms with Crippen molar-refractivity contribution in [2.75, 3.05) is 5.32 Å². The molecule has 0 aliphatic heterocycles. The summed E-state index contributed by atoms with van der Waals surface area (Å²) in [6.07, 6.45) is 7.14. The van der Waals surface area contributed by atoms with E-state index in [0.717, 1.165) is 18.5 Å². The van der Waals surface area contributed by atoms with Gasteiger partial charge < -0.3 is 5.32 Å². The van der Waals surface area contributed by atoms with Crippen molar-refractivity contribution in [3.63, 3.8) is 0 Å². The summed E-state index contributed by atoms with van der Waals surface area (Å²) in [5, 5.41) is 2.99. The topological polar surface area (TPSA) is 29.1 Å². The molecule has 1 aromatic carbocycles. The van der Waals surface area contributed by atoms with E-state index < -0.39 is 0 Å². The molecule has 2 nitrogen and oxygen atoms in total. The summed E-state index contributed by atoms with van der Waals surface area (Å²) >= 11 is 0. The summed E-state index contributed by atoms with van der Waals surface area (Å²) in [5.41, 5.74) is 2.17. The van der Waals surface area contributed by atoms with Crippen LogP contribution >= 0.6 is 0 Å². The van der Waals surface area contributed by atoms with Crippen molar-refractivity contribution in [2.45, 2.75) is 39.0 Å². The van der Waals surface area contributed by atoms with Gasteiger partial charge in [-0.05, 0) is 42.4 Å². The first-order valence-corrected chi connectivity index (χ1v) is 6.71. The summed E-state index contributed by atoms with van der Waals surface area (Å²) in [6, 6.07) is 8.11. The van der Waals surface area contributed by atoms with E-state index in [1.54, 1.807) is 0 Å². The van der Waals surface area contributed by atoms with Gasteiger partial charge in [0.25, 0.3) is 0 Å². The van der Waals surface area contributed by atoms with Crippen LogP contribution in [0.25, 0.3) is 0 Å². The molecule has 1 atom stereocenters. The minimum absolute atomic E-state index is 0.118. The van der Waals surface area contributed by atoms with Crippen LogP contribution in [0.5, 0.6) is 0 Å². The van der Waals surface area contributed by atoms with Gasteiger partial charge in [0.15, 0.2) is 0 Å². The van der Waals surface area contributed by atoms with Crippen LogP contribution in [0.15, 0.2) is 36.4 Å². The molecule has 2 rings (SSSR count). The molecule has 1 aliphatic carbocycles. The number of hydrogen-bond acceptors (Lipinski definition) is 1. The normalized spacial score (nSPS) is 18.3. The predicted octanol–water partition coefficient (Wildman–Crippen LogP) is 4.10. The maximum absolute atomic E-state index is 11.9. The largest absolute Gasteiger partial charge is 0.326 e. The highest BCUT2D eigenvalue weighted by atomic mass is 16.1. The molecule has 0 bridgehead atoms. The van der Waals surface area contributed by atoms with E-state index in [1.165, 1.54) is 5.56 Å². The average molecular weight is 243 g/mol. The smallest absolute Gasteiger partial charge is 0.224 e. The van der Waals surface area contributed by atoms with Crippen LogP contribution in [-0.4, -0.2) is 5.91 Å². The van der Waals surface area contributed by atoms with Crippen LogP contribution in [0.2, 0.25) is 0 Å². The van der Waals surface area contributed by atoms with Gasteiger partial charge in [-0.2, -0.15) is 0 Å². The van der Waals surface area contributed by atoms with Gasteiger partial charge in [-0.1, -0.05) is 38.1 Å². The maximum atomic E-state index is 11.9. The molecule has 1 aliphatic rings. The molecule has 0 saturated heterocycles. The van der Waals surface area contributed by atoms with Gasteiger partial charge in [0.1, 0.15) is 0 Å². The highest BCUT2D eigenvalue weighted by Crippen LogP contribution is 2.22. The first kappa shape index (κ1) is 12.9. The molecule has 0 heterocycles. The number of hydrogen-bond donors (Lipinski definition) is 1. The molecule has 0 spiro atoms. The quantitative estimate of drug-likeness (QED) is 0.792. The van der Waals surface area contributed by atoms with E-state index in [0.29, 0.717) is 18.3 Å². The second-order valence-electron chi connectivity index (χ2n) is 5.30. The van der Waals surface area contributed by atoms with Crippen LogP contribution in [0, 0.1) is 5.92 Å². The number of benzene rings is 1. The van der Waals surface area contributed by atoms with E-state index in [4.69, 9.17) is 0 Å². The van der Waals surface area contributed by atoms with Crippen molar-refractivity contribution in [3.05, 3.63) is 42.0 Å². The number of allylic oxidation sites excluding steroid dienone is 2. The second kappa shape index (κ2) is 5.85. The van der Waals surface area contributed by atoms with Crippen LogP contribution in [0.1, 0.15) is 44.6 Å². The first-order valence-electron chi connectivity index (χ1n) is 6.71. The number of nitrogens with one attached hydrogen (secondary N) is 1. The molecule has 1 aromatic rings. The molecule has 0 aromatic heterocycles. The van der Waals surface area contributed by atoms with E-state index in [-0.39, 0.29) is 5.91 Å². The molecular formula is C16H21NO. The lowest BCUT2D eigenvalue weighted by Crippen LogP contribution is -2.14. The van der Waals surface area contributed by atoms with Gasteiger partial charge in [0.2, 0.25) is 5.91 Å². The maximum Gasteiger partial charge on any atom is 0.224 e. The fourth-order valence-corrected chi connectivity index (χ4v) is 2.29. The Morgan fingerprint density at radius 2 is 2.28 bits per heavy atom. The van der Waals surface area contributed by atoms with Crippen molar-refractivity contribution in [1.29, 1.82) is 0 Å². The zero-order chi connectivity index (χ0) is 13.0. The van der Waals surface area contributed by atoms with Gasteiger partial charge in [0, 0.05) is 12.1 Å². The zero-order valence-corrected chi connectivity index (χ0v) is 11.1. The highest BCUT2D eigenvalue weighted by Gasteiger charge is 2.14. The molecule has 0 radical (unpaired) electrons. The fraction of sp³-hybridized carbons (Fsp3) is 0.438. The Kier molecular flexibility index (Phi) is 4.19. The summed E-state index contributed by atoms with van der Waals surface area (Å²) < 4.78 is 0. The zero-order valence-electron chi connectivity index (χ0n) is 11.1. The van der Waals surface area contributed by atoms with Gasteiger partial charge in [-0.15, -0.1) is 0 Å². The Morgan fingerprint density at radius 3 is 2.94 bits per heavy atom. The highest BCUT2D eigenvalue weighted by molar-refractivity contribution is 5.91. The molecule has 1 N–H and O–H groups in total. The van der Waals surface area contributed by atoms with Crippen molar-refractivity contribution in [1.82, 2.24) is 0 Å². The number of anilines is 1. The van der Waals surface area contributed by atoms with E-state index >= 15 is 0 Å². The lowest BCUT2D eigenvalue weighted by Gasteiger charge is -2.11. The third kappa shape index (κ3) is 3.46. The Labute approximate surface area is 109 Å². The van der Waals surface area contributed by atoms with Gasteiger partial charge in [-0.3, -0.25) is 4.79 Å². The number of carbonyl (C=O) groups is 1. The summed E-state index contributed by atoms with van der Waals surface area (Å²) in [7, 11) is 0. The molecular weight excluding hydrogens is 222 g/mol. The van der Waals surface area contributed by atoms with Crippen molar-refractivity contribution in [3.8, 4) is 0 Å². The van der Waals surface area contributed by atoms with Gasteiger partial charge >= 0.3 is 0 Å². The molecule has 1 amide bonds. The van der Waals surface area contributed by atoms with Crippen LogP contribution in [0.4, 0.5) is 5.69 Å². The van der Waals surface area contributed by atoms with E-state index in [9.17, 15) is 4.79 Å². The molecule has 0 fully saturated rings. The molecule has 2 heteroatoms. The third-order valence-corrected chi connectivity index (χ3v) is 3.40. The third-order valence-electron chi connectivity index (χ3n) is 3.40. The number of carbonyl (C=O) groups excluding carboxylic acids is 1. The first-order chi connectivity index (χ1) is 8.65. The Balaban J connectivity index is 1.93. The van der Waals surface area contributed by atoms with Crippen molar-refractivity contribution >= 4 is 11.6 Å². The minimum atomic E-state index is 0.118. The van der Waals surface area contributed by atoms with Gasteiger partial charge in [-0.25, -0.2) is 0 Å². The summed E-state index contributed by atoms with van der Waals surface area (Å²) in [6.45, 7) is 4.31. The Hall–Kier alpha value is -1.57. The van der Waals surface area contributed by atoms with Gasteiger partial charge in [0.05, 0.1) is 0 Å². The average Bonchev–Trinajstić information content (AvgIpc) is 2.82. The Morgan fingerprint density at radius 1 is 1.44 bits per heavy atom. The molecule has 0 saturated carbocycles. The minimum Gasteiger partial charge on any atom is -0.326 e. The fourth-order valence-electron chi connectivity index (χ4n) is 2.29. The van der Waals surface area contributed by atoms with E-state index in [1.807, 2.05) is 12.1 Å². The number of rotatable bonds is 4. The van der Waals surface area contributed by atoms with Crippen molar-refractivity contribution < 1.29 is 4.79 Å². The standard InChI is InChI=1S/C16H21NO/c1-12(2)14-8-5-9-15(11-14)17-16(18)10-13-6-3-4-7-13/h3,5-6,8-9,11-13H,4,7,10H2,1-2H3,(H,17,18). The lowest BCUT2D eigenvalue weighted by molar-refractivity contribution is -0.116. The van der Waals surface area contributed by atoms with Crippen molar-refractivity contribution in [2.24, 2.45) is 5.92 Å².